The summed E-state index contributed by atoms with van der Waals surface area (Å²) in [6, 6.07) is -2.16. The molecule has 0 bridgehead atoms. The molecule has 2 aliphatic rings. The lowest BCUT2D eigenvalue weighted by atomic mass is 10.1. The van der Waals surface area contributed by atoms with Gasteiger partial charge in [-0.05, 0) is 25.7 Å². The number of aromatic amines is 1. The average molecular weight is 349 g/mol. The zero-order valence-electron chi connectivity index (χ0n) is 13.9. The Morgan fingerprint density at radius 3 is 2.56 bits per heavy atom. The quantitative estimate of drug-likeness (QED) is 0.647. The van der Waals surface area contributed by atoms with Crippen LogP contribution in [0.15, 0.2) is 12.5 Å². The monoisotopic (exact) mass is 349 g/mol. The molecule has 2 aliphatic heterocycles. The van der Waals surface area contributed by atoms with Crippen LogP contribution < -0.4 is 5.73 Å². The van der Waals surface area contributed by atoms with E-state index in [2.05, 4.69) is 9.97 Å². The lowest BCUT2D eigenvalue weighted by molar-refractivity contribution is -0.152. The van der Waals surface area contributed by atoms with Crippen LogP contribution in [-0.4, -0.2) is 73.9 Å². The number of carbonyl (C=O) groups excluding carboxylic acids is 2. The maximum atomic E-state index is 12.8. The zero-order chi connectivity index (χ0) is 18.0. The topological polar surface area (TPSA) is 133 Å². The fraction of sp³-hybridized carbons (Fsp3) is 0.625. The number of carboxylic acids is 1. The first-order valence-corrected chi connectivity index (χ1v) is 8.55. The molecule has 0 aliphatic carbocycles. The Morgan fingerprint density at radius 1 is 1.24 bits per heavy atom. The molecule has 1 aromatic rings. The Balaban J connectivity index is 1.68. The molecule has 136 valence electrons. The second-order valence-electron chi connectivity index (χ2n) is 6.61. The summed E-state index contributed by atoms with van der Waals surface area (Å²) in [6.45, 7) is 0.895. The smallest absolute Gasteiger partial charge is 0.326 e. The first kappa shape index (κ1) is 17.4. The predicted octanol–water partition coefficient (Wildman–Crippen LogP) is -0.654. The molecule has 3 atom stereocenters. The van der Waals surface area contributed by atoms with Gasteiger partial charge in [-0.2, -0.15) is 0 Å². The van der Waals surface area contributed by atoms with Crippen molar-refractivity contribution in [1.29, 1.82) is 0 Å². The van der Waals surface area contributed by atoms with Gasteiger partial charge in [0.1, 0.15) is 12.1 Å². The number of nitrogens with zero attached hydrogens (tertiary/aromatic N) is 3. The Morgan fingerprint density at radius 2 is 1.92 bits per heavy atom. The van der Waals surface area contributed by atoms with Crippen LogP contribution >= 0.6 is 0 Å². The first-order valence-electron chi connectivity index (χ1n) is 8.55. The van der Waals surface area contributed by atoms with Crippen LogP contribution in [0.5, 0.6) is 0 Å². The molecule has 4 N–H and O–H groups in total. The van der Waals surface area contributed by atoms with E-state index in [1.165, 1.54) is 16.1 Å². The summed E-state index contributed by atoms with van der Waals surface area (Å²) >= 11 is 0. The van der Waals surface area contributed by atoms with Gasteiger partial charge >= 0.3 is 5.97 Å². The molecule has 9 nitrogen and oxygen atoms in total. The Labute approximate surface area is 145 Å². The van der Waals surface area contributed by atoms with Crippen molar-refractivity contribution in [2.24, 2.45) is 5.73 Å². The number of carbonyl (C=O) groups is 3. The lowest BCUT2D eigenvalue weighted by Crippen LogP contribution is -2.54. The van der Waals surface area contributed by atoms with Gasteiger partial charge < -0.3 is 25.6 Å². The van der Waals surface area contributed by atoms with E-state index in [0.717, 1.165) is 5.69 Å². The molecule has 0 radical (unpaired) electrons. The van der Waals surface area contributed by atoms with Crippen molar-refractivity contribution in [3.05, 3.63) is 18.2 Å². The number of nitrogens with two attached hydrogens (primary N) is 1. The van der Waals surface area contributed by atoms with Crippen molar-refractivity contribution in [2.45, 2.75) is 50.2 Å². The van der Waals surface area contributed by atoms with Gasteiger partial charge in [0, 0.05) is 31.4 Å². The highest BCUT2D eigenvalue weighted by Crippen LogP contribution is 2.25. The molecular formula is C16H23N5O4. The number of likely N-dealkylation sites (tertiary alicyclic amines) is 2. The fourth-order valence-corrected chi connectivity index (χ4v) is 3.70. The van der Waals surface area contributed by atoms with E-state index >= 15 is 0 Å². The van der Waals surface area contributed by atoms with Gasteiger partial charge in [0.25, 0.3) is 0 Å². The van der Waals surface area contributed by atoms with Crippen LogP contribution in [0.4, 0.5) is 0 Å². The van der Waals surface area contributed by atoms with Crippen molar-refractivity contribution in [3.63, 3.8) is 0 Å². The van der Waals surface area contributed by atoms with Crippen LogP contribution in [0.3, 0.4) is 0 Å². The number of carboxylic acid groups (broad SMARTS) is 1. The molecule has 0 saturated carbocycles. The molecular weight excluding hydrogens is 326 g/mol. The zero-order valence-corrected chi connectivity index (χ0v) is 13.9. The van der Waals surface area contributed by atoms with Crippen LogP contribution in [0.1, 0.15) is 31.4 Å². The van der Waals surface area contributed by atoms with Crippen LogP contribution in [0.25, 0.3) is 0 Å². The molecule has 2 saturated heterocycles. The van der Waals surface area contributed by atoms with Crippen LogP contribution in [0.2, 0.25) is 0 Å². The number of hydrogen-bond acceptors (Lipinski definition) is 5. The van der Waals surface area contributed by atoms with E-state index in [1.54, 1.807) is 6.20 Å². The summed E-state index contributed by atoms with van der Waals surface area (Å²) in [5.41, 5.74) is 6.78. The highest BCUT2D eigenvalue weighted by Gasteiger charge is 2.42. The number of imidazole rings is 1. The third-order valence-electron chi connectivity index (χ3n) is 4.95. The third-order valence-corrected chi connectivity index (χ3v) is 4.95. The molecule has 0 spiro atoms. The lowest BCUT2D eigenvalue weighted by Gasteiger charge is -2.31. The highest BCUT2D eigenvalue weighted by molar-refractivity contribution is 5.92. The highest BCUT2D eigenvalue weighted by atomic mass is 16.4. The van der Waals surface area contributed by atoms with E-state index in [4.69, 9.17) is 5.73 Å². The van der Waals surface area contributed by atoms with E-state index in [0.29, 0.717) is 45.2 Å². The third kappa shape index (κ3) is 3.51. The van der Waals surface area contributed by atoms with Gasteiger partial charge in [-0.3, -0.25) is 9.59 Å². The molecule has 25 heavy (non-hydrogen) atoms. The van der Waals surface area contributed by atoms with E-state index in [1.807, 2.05) is 0 Å². The molecule has 0 unspecified atom stereocenters. The second kappa shape index (κ2) is 7.22. The van der Waals surface area contributed by atoms with Crippen molar-refractivity contribution >= 4 is 17.8 Å². The van der Waals surface area contributed by atoms with E-state index < -0.39 is 24.1 Å². The van der Waals surface area contributed by atoms with Crippen molar-refractivity contribution < 1.29 is 19.5 Å². The fourth-order valence-electron chi connectivity index (χ4n) is 3.70. The van der Waals surface area contributed by atoms with Crippen molar-refractivity contribution in [1.82, 2.24) is 19.8 Å². The number of aliphatic carboxylic acids is 1. The van der Waals surface area contributed by atoms with Gasteiger partial charge in [0.2, 0.25) is 11.8 Å². The predicted molar refractivity (Wildman–Crippen MR) is 87.4 cm³/mol. The summed E-state index contributed by atoms with van der Waals surface area (Å²) in [5.74, 6) is -1.54. The first-order chi connectivity index (χ1) is 12.0. The summed E-state index contributed by atoms with van der Waals surface area (Å²) in [6.07, 6.45) is 5.84. The van der Waals surface area contributed by atoms with Crippen molar-refractivity contribution in [2.75, 3.05) is 13.1 Å². The molecule has 9 heteroatoms. The Kier molecular flexibility index (Phi) is 5.03. The SMILES string of the molecule is N[C@@H](Cc1cnc[nH]1)C(=O)N1CCC[C@H]1C(=O)N1CCC[C@H]1C(=O)O. The van der Waals surface area contributed by atoms with Crippen LogP contribution in [-0.2, 0) is 20.8 Å². The molecule has 3 heterocycles. The van der Waals surface area contributed by atoms with Gasteiger partial charge in [0.15, 0.2) is 0 Å². The number of amides is 2. The number of H-pyrrole nitrogens is 1. The minimum absolute atomic E-state index is 0.274. The van der Waals surface area contributed by atoms with E-state index in [-0.39, 0.29) is 11.8 Å². The van der Waals surface area contributed by atoms with Gasteiger partial charge in [-0.1, -0.05) is 0 Å². The van der Waals surface area contributed by atoms with E-state index in [9.17, 15) is 19.5 Å². The second-order valence-corrected chi connectivity index (χ2v) is 6.61. The number of rotatable bonds is 5. The minimum Gasteiger partial charge on any atom is -0.480 e. The summed E-state index contributed by atoms with van der Waals surface area (Å²) in [5, 5.41) is 9.28. The summed E-state index contributed by atoms with van der Waals surface area (Å²) < 4.78 is 0. The Bertz CT molecular complexity index is 647. The Hall–Kier alpha value is -2.42. The van der Waals surface area contributed by atoms with Gasteiger partial charge in [0.05, 0.1) is 12.4 Å². The minimum atomic E-state index is -0.988. The maximum Gasteiger partial charge on any atom is 0.326 e. The molecule has 0 aromatic carbocycles. The molecule has 2 amide bonds. The summed E-state index contributed by atoms with van der Waals surface area (Å²) in [7, 11) is 0. The average Bonchev–Trinajstić information content (AvgIpc) is 3.32. The largest absolute Gasteiger partial charge is 0.480 e. The van der Waals surface area contributed by atoms with Gasteiger partial charge in [-0.15, -0.1) is 0 Å². The summed E-state index contributed by atoms with van der Waals surface area (Å²) in [4.78, 5) is 46.6. The number of hydrogen-bond donors (Lipinski definition) is 3. The molecule has 1 aromatic heterocycles. The van der Waals surface area contributed by atoms with Crippen molar-refractivity contribution in [3.8, 4) is 0 Å². The molecule has 3 rings (SSSR count). The molecule has 2 fully saturated rings. The standard InChI is InChI=1S/C16H23N5O4/c17-11(7-10-8-18-9-19-10)14(22)20-5-1-3-12(20)15(23)21-6-2-4-13(21)16(24)25/h8-9,11-13H,1-7,17H2,(H,18,19)(H,24,25)/t11-,12-,13-/m0/s1. The normalized spacial score (nSPS) is 24.5. The maximum absolute atomic E-state index is 12.8. The van der Waals surface area contributed by atoms with Crippen LogP contribution in [0, 0.1) is 0 Å². The number of aromatic nitrogens is 2. The number of nitrogens with one attached hydrogen (secondary N) is 1. The van der Waals surface area contributed by atoms with Gasteiger partial charge in [-0.25, -0.2) is 9.78 Å².